The van der Waals surface area contributed by atoms with E-state index in [-0.39, 0.29) is 17.9 Å². The quantitative estimate of drug-likeness (QED) is 0.726. The summed E-state index contributed by atoms with van der Waals surface area (Å²) in [6, 6.07) is 7.02. The van der Waals surface area contributed by atoms with Crippen LogP contribution in [0, 0.1) is 5.92 Å². The molecule has 0 spiro atoms. The standard InChI is InChI=1S/C13H18BrN3O2/c1-9(2)12(18)15-6-7-16-13(19)17-11-5-3-4-10(14)8-11/h3-5,8-9H,6-7H2,1-2H3,(H,15,18)(H2,16,17,19). The molecule has 104 valence electrons. The molecular formula is C13H18BrN3O2. The lowest BCUT2D eigenvalue weighted by molar-refractivity contribution is -0.123. The van der Waals surface area contributed by atoms with Crippen molar-refractivity contribution in [1.29, 1.82) is 0 Å². The monoisotopic (exact) mass is 327 g/mol. The summed E-state index contributed by atoms with van der Waals surface area (Å²) in [5.41, 5.74) is 0.707. The van der Waals surface area contributed by atoms with Gasteiger partial charge >= 0.3 is 6.03 Å². The highest BCUT2D eigenvalue weighted by Gasteiger charge is 2.05. The van der Waals surface area contributed by atoms with Gasteiger partial charge in [-0.15, -0.1) is 0 Å². The van der Waals surface area contributed by atoms with Crippen LogP contribution in [0.3, 0.4) is 0 Å². The molecule has 1 rings (SSSR count). The molecule has 0 aromatic heterocycles. The third-order valence-corrected chi connectivity index (χ3v) is 2.81. The minimum Gasteiger partial charge on any atom is -0.354 e. The Morgan fingerprint density at radius 2 is 1.89 bits per heavy atom. The molecule has 0 aliphatic rings. The van der Waals surface area contributed by atoms with Gasteiger partial charge in [0.2, 0.25) is 5.91 Å². The number of rotatable bonds is 5. The topological polar surface area (TPSA) is 70.2 Å². The Labute approximate surface area is 121 Å². The van der Waals surface area contributed by atoms with Crippen LogP contribution in [-0.2, 0) is 4.79 Å². The molecule has 3 N–H and O–H groups in total. The van der Waals surface area contributed by atoms with Crippen molar-refractivity contribution in [1.82, 2.24) is 10.6 Å². The largest absolute Gasteiger partial charge is 0.354 e. The summed E-state index contributed by atoms with van der Waals surface area (Å²) >= 11 is 3.33. The first-order valence-corrected chi connectivity index (χ1v) is 6.86. The molecule has 5 nitrogen and oxygen atoms in total. The first-order valence-electron chi connectivity index (χ1n) is 6.07. The van der Waals surface area contributed by atoms with E-state index < -0.39 is 0 Å². The van der Waals surface area contributed by atoms with Crippen LogP contribution in [0.15, 0.2) is 28.7 Å². The zero-order valence-corrected chi connectivity index (χ0v) is 12.6. The van der Waals surface area contributed by atoms with Gasteiger partial charge in [-0.2, -0.15) is 0 Å². The molecule has 6 heteroatoms. The van der Waals surface area contributed by atoms with Gasteiger partial charge in [-0.25, -0.2) is 4.79 Å². The number of benzene rings is 1. The maximum atomic E-state index is 11.6. The van der Waals surface area contributed by atoms with E-state index in [1.54, 1.807) is 12.1 Å². The van der Waals surface area contributed by atoms with Gasteiger partial charge in [0.15, 0.2) is 0 Å². The highest BCUT2D eigenvalue weighted by atomic mass is 79.9. The van der Waals surface area contributed by atoms with Gasteiger partial charge in [-0.05, 0) is 18.2 Å². The van der Waals surface area contributed by atoms with Gasteiger partial charge in [-0.1, -0.05) is 35.8 Å². The average molecular weight is 328 g/mol. The number of carbonyl (C=O) groups excluding carboxylic acids is 2. The zero-order valence-electron chi connectivity index (χ0n) is 11.0. The molecule has 0 aliphatic heterocycles. The van der Waals surface area contributed by atoms with Crippen LogP contribution in [0.4, 0.5) is 10.5 Å². The average Bonchev–Trinajstić information content (AvgIpc) is 2.34. The van der Waals surface area contributed by atoms with Gasteiger partial charge < -0.3 is 16.0 Å². The van der Waals surface area contributed by atoms with Crippen LogP contribution in [0.25, 0.3) is 0 Å². The zero-order chi connectivity index (χ0) is 14.3. The van der Waals surface area contributed by atoms with E-state index >= 15 is 0 Å². The van der Waals surface area contributed by atoms with Crippen LogP contribution < -0.4 is 16.0 Å². The number of urea groups is 1. The second kappa shape index (κ2) is 7.78. The Hall–Kier alpha value is -1.56. The fourth-order valence-corrected chi connectivity index (χ4v) is 1.71. The first-order chi connectivity index (χ1) is 8.99. The second-order valence-electron chi connectivity index (χ2n) is 4.34. The van der Waals surface area contributed by atoms with Crippen LogP contribution in [0.2, 0.25) is 0 Å². The molecular weight excluding hydrogens is 310 g/mol. The van der Waals surface area contributed by atoms with E-state index in [2.05, 4.69) is 31.9 Å². The number of anilines is 1. The van der Waals surface area contributed by atoms with Crippen LogP contribution >= 0.6 is 15.9 Å². The summed E-state index contributed by atoms with van der Waals surface area (Å²) in [7, 11) is 0. The number of nitrogens with one attached hydrogen (secondary N) is 3. The van der Waals surface area contributed by atoms with Crippen LogP contribution in [0.1, 0.15) is 13.8 Å². The molecule has 1 aromatic carbocycles. The molecule has 0 aliphatic carbocycles. The van der Waals surface area contributed by atoms with Crippen LogP contribution in [0.5, 0.6) is 0 Å². The van der Waals surface area contributed by atoms with Gasteiger partial charge in [-0.3, -0.25) is 4.79 Å². The SMILES string of the molecule is CC(C)C(=O)NCCNC(=O)Nc1cccc(Br)c1. The Morgan fingerprint density at radius 3 is 2.53 bits per heavy atom. The number of amides is 3. The highest BCUT2D eigenvalue weighted by Crippen LogP contribution is 2.15. The van der Waals surface area contributed by atoms with Crippen molar-refractivity contribution in [3.8, 4) is 0 Å². The van der Waals surface area contributed by atoms with Gasteiger partial charge in [0, 0.05) is 29.2 Å². The molecule has 0 radical (unpaired) electrons. The molecule has 0 unspecified atom stereocenters. The molecule has 1 aromatic rings. The number of hydrogen-bond acceptors (Lipinski definition) is 2. The lowest BCUT2D eigenvalue weighted by atomic mass is 10.2. The summed E-state index contributed by atoms with van der Waals surface area (Å²) in [5, 5.41) is 8.09. The van der Waals surface area contributed by atoms with E-state index in [1.807, 2.05) is 26.0 Å². The maximum absolute atomic E-state index is 11.6. The maximum Gasteiger partial charge on any atom is 0.319 e. The minimum atomic E-state index is -0.295. The van der Waals surface area contributed by atoms with Gasteiger partial charge in [0.05, 0.1) is 0 Å². The summed E-state index contributed by atoms with van der Waals surface area (Å²) < 4.78 is 0.898. The Bertz CT molecular complexity index is 449. The van der Waals surface area contributed by atoms with E-state index in [9.17, 15) is 9.59 Å². The van der Waals surface area contributed by atoms with Crippen molar-refractivity contribution in [2.75, 3.05) is 18.4 Å². The fourth-order valence-electron chi connectivity index (χ4n) is 1.31. The first kappa shape index (κ1) is 15.5. The van der Waals surface area contributed by atoms with Crippen molar-refractivity contribution < 1.29 is 9.59 Å². The second-order valence-corrected chi connectivity index (χ2v) is 5.25. The third-order valence-electron chi connectivity index (χ3n) is 2.32. The predicted octanol–water partition coefficient (Wildman–Crippen LogP) is 2.34. The molecule has 3 amide bonds. The van der Waals surface area contributed by atoms with Crippen molar-refractivity contribution in [3.05, 3.63) is 28.7 Å². The Kier molecular flexibility index (Phi) is 6.35. The summed E-state index contributed by atoms with van der Waals surface area (Å²) in [5.74, 6) is -0.0651. The Morgan fingerprint density at radius 1 is 1.21 bits per heavy atom. The summed E-state index contributed by atoms with van der Waals surface area (Å²) in [6.07, 6.45) is 0. The molecule has 0 bridgehead atoms. The molecule has 0 fully saturated rings. The summed E-state index contributed by atoms with van der Waals surface area (Å²) in [6.45, 7) is 4.45. The molecule has 19 heavy (non-hydrogen) atoms. The number of halogens is 1. The molecule has 0 saturated heterocycles. The third kappa shape index (κ3) is 6.24. The van der Waals surface area contributed by atoms with E-state index in [1.165, 1.54) is 0 Å². The smallest absolute Gasteiger partial charge is 0.319 e. The summed E-state index contributed by atoms with van der Waals surface area (Å²) in [4.78, 5) is 22.8. The van der Waals surface area contributed by atoms with Gasteiger partial charge in [0.25, 0.3) is 0 Å². The lowest BCUT2D eigenvalue weighted by Crippen LogP contribution is -2.38. The van der Waals surface area contributed by atoms with E-state index in [0.29, 0.717) is 18.8 Å². The molecule has 0 saturated carbocycles. The van der Waals surface area contributed by atoms with E-state index in [4.69, 9.17) is 0 Å². The minimum absolute atomic E-state index is 0.0193. The lowest BCUT2D eigenvalue weighted by Gasteiger charge is -2.10. The van der Waals surface area contributed by atoms with Crippen molar-refractivity contribution in [2.45, 2.75) is 13.8 Å². The number of hydrogen-bond donors (Lipinski definition) is 3. The van der Waals surface area contributed by atoms with Crippen molar-refractivity contribution in [2.24, 2.45) is 5.92 Å². The molecule has 0 atom stereocenters. The normalized spacial score (nSPS) is 10.1. The fraction of sp³-hybridized carbons (Fsp3) is 0.385. The molecule has 0 heterocycles. The highest BCUT2D eigenvalue weighted by molar-refractivity contribution is 9.10. The van der Waals surface area contributed by atoms with E-state index in [0.717, 1.165) is 4.47 Å². The predicted molar refractivity (Wildman–Crippen MR) is 79.0 cm³/mol. The van der Waals surface area contributed by atoms with Gasteiger partial charge in [0.1, 0.15) is 0 Å². The number of carbonyl (C=O) groups is 2. The Balaban J connectivity index is 2.23. The van der Waals surface area contributed by atoms with Crippen molar-refractivity contribution >= 4 is 33.6 Å². The van der Waals surface area contributed by atoms with Crippen molar-refractivity contribution in [3.63, 3.8) is 0 Å². The van der Waals surface area contributed by atoms with Crippen LogP contribution in [-0.4, -0.2) is 25.0 Å².